The predicted octanol–water partition coefficient (Wildman–Crippen LogP) is 2.39. The molecule has 0 aromatic heterocycles. The molecular formula is C19H21N3O3S. The van der Waals surface area contributed by atoms with Crippen LogP contribution in [0.1, 0.15) is 17.5 Å². The normalized spacial score (nSPS) is 11.1. The van der Waals surface area contributed by atoms with Gasteiger partial charge in [0.2, 0.25) is 15.9 Å². The van der Waals surface area contributed by atoms with Crippen LogP contribution in [0.3, 0.4) is 0 Å². The van der Waals surface area contributed by atoms with Crippen molar-refractivity contribution in [2.24, 2.45) is 0 Å². The second-order valence-electron chi connectivity index (χ2n) is 5.89. The van der Waals surface area contributed by atoms with Crippen LogP contribution in [0.4, 0.5) is 5.69 Å². The first-order chi connectivity index (χ1) is 12.4. The van der Waals surface area contributed by atoms with Gasteiger partial charge in [0.05, 0.1) is 17.9 Å². The summed E-state index contributed by atoms with van der Waals surface area (Å²) in [6, 6.07) is 18.2. The van der Waals surface area contributed by atoms with Gasteiger partial charge in [0.1, 0.15) is 0 Å². The van der Waals surface area contributed by atoms with Crippen LogP contribution in [0.2, 0.25) is 0 Å². The van der Waals surface area contributed by atoms with E-state index < -0.39 is 10.0 Å². The van der Waals surface area contributed by atoms with Gasteiger partial charge in [-0.05, 0) is 30.2 Å². The van der Waals surface area contributed by atoms with Crippen molar-refractivity contribution >= 4 is 21.6 Å². The van der Waals surface area contributed by atoms with E-state index in [1.165, 1.54) is 4.31 Å². The molecule has 0 heterocycles. The monoisotopic (exact) mass is 371 g/mol. The molecule has 7 heteroatoms. The van der Waals surface area contributed by atoms with Gasteiger partial charge >= 0.3 is 0 Å². The molecule has 0 saturated heterocycles. The van der Waals surface area contributed by atoms with Crippen LogP contribution in [-0.2, 0) is 21.2 Å². The maximum atomic E-state index is 12.1. The summed E-state index contributed by atoms with van der Waals surface area (Å²) in [4.78, 5) is 12.1. The highest BCUT2D eigenvalue weighted by molar-refractivity contribution is 7.88. The van der Waals surface area contributed by atoms with E-state index in [2.05, 4.69) is 5.32 Å². The Morgan fingerprint density at radius 2 is 1.85 bits per heavy atom. The fourth-order valence-electron chi connectivity index (χ4n) is 2.46. The van der Waals surface area contributed by atoms with Crippen LogP contribution in [0, 0.1) is 11.3 Å². The quantitative estimate of drug-likeness (QED) is 0.771. The van der Waals surface area contributed by atoms with Crippen molar-refractivity contribution in [3.8, 4) is 6.07 Å². The van der Waals surface area contributed by atoms with E-state index in [4.69, 9.17) is 5.26 Å². The number of carbonyl (C=O) groups excluding carboxylic acids is 1. The maximum Gasteiger partial charge on any atom is 0.225 e. The lowest BCUT2D eigenvalue weighted by atomic mass is 10.1. The van der Waals surface area contributed by atoms with Crippen LogP contribution in [0.25, 0.3) is 0 Å². The zero-order valence-electron chi connectivity index (χ0n) is 14.6. The average Bonchev–Trinajstić information content (AvgIpc) is 2.61. The minimum Gasteiger partial charge on any atom is -0.326 e. The standard InChI is InChI=1S/C19H21N3O3S/c1-26(24,25)22(12-10-16-6-3-2-4-7-16)13-11-19(23)21-18-9-5-8-17(14-18)15-20/h2-9,14H,10-13H2,1H3,(H,21,23). The number of hydrogen-bond acceptors (Lipinski definition) is 4. The van der Waals surface area contributed by atoms with Gasteiger partial charge < -0.3 is 5.32 Å². The molecule has 6 nitrogen and oxygen atoms in total. The fraction of sp³-hybridized carbons (Fsp3) is 0.263. The van der Waals surface area contributed by atoms with Crippen LogP contribution < -0.4 is 5.32 Å². The van der Waals surface area contributed by atoms with Crippen LogP contribution in [-0.4, -0.2) is 38.0 Å². The molecule has 1 amide bonds. The Hall–Kier alpha value is -2.69. The summed E-state index contributed by atoms with van der Waals surface area (Å²) in [5.74, 6) is -0.298. The van der Waals surface area contributed by atoms with Crippen molar-refractivity contribution in [1.82, 2.24) is 4.31 Å². The number of carbonyl (C=O) groups is 1. The molecule has 0 aliphatic rings. The molecule has 2 rings (SSSR count). The summed E-state index contributed by atoms with van der Waals surface area (Å²) in [6.07, 6.45) is 1.77. The Balaban J connectivity index is 1.92. The van der Waals surface area contributed by atoms with Crippen molar-refractivity contribution < 1.29 is 13.2 Å². The molecule has 0 unspecified atom stereocenters. The topological polar surface area (TPSA) is 90.3 Å². The third kappa shape index (κ3) is 6.31. The second kappa shape index (κ2) is 9.13. The number of hydrogen-bond donors (Lipinski definition) is 1. The molecular weight excluding hydrogens is 350 g/mol. The first-order valence-electron chi connectivity index (χ1n) is 8.17. The number of benzene rings is 2. The third-order valence-electron chi connectivity index (χ3n) is 3.83. The van der Waals surface area contributed by atoms with Crippen molar-refractivity contribution in [3.05, 3.63) is 65.7 Å². The predicted molar refractivity (Wildman–Crippen MR) is 101 cm³/mol. The third-order valence-corrected chi connectivity index (χ3v) is 5.13. The van der Waals surface area contributed by atoms with Crippen molar-refractivity contribution in [1.29, 1.82) is 5.26 Å². The van der Waals surface area contributed by atoms with E-state index in [-0.39, 0.29) is 18.9 Å². The van der Waals surface area contributed by atoms with Gasteiger partial charge in [-0.2, -0.15) is 5.26 Å². The Bertz CT molecular complexity index is 890. The lowest BCUT2D eigenvalue weighted by Gasteiger charge is -2.19. The molecule has 0 radical (unpaired) electrons. The van der Waals surface area contributed by atoms with Crippen molar-refractivity contribution in [3.63, 3.8) is 0 Å². The van der Waals surface area contributed by atoms with Gasteiger partial charge in [0.25, 0.3) is 0 Å². The van der Waals surface area contributed by atoms with Gasteiger partial charge in [-0.25, -0.2) is 12.7 Å². The minimum absolute atomic E-state index is 0.0403. The molecule has 2 aromatic rings. The van der Waals surface area contributed by atoms with E-state index in [1.54, 1.807) is 24.3 Å². The SMILES string of the molecule is CS(=O)(=O)N(CCC(=O)Nc1cccc(C#N)c1)CCc1ccccc1. The minimum atomic E-state index is -3.40. The number of anilines is 1. The van der Waals surface area contributed by atoms with E-state index in [0.717, 1.165) is 11.8 Å². The summed E-state index contributed by atoms with van der Waals surface area (Å²) in [6.45, 7) is 0.426. The molecule has 0 bridgehead atoms. The number of sulfonamides is 1. The highest BCUT2D eigenvalue weighted by Gasteiger charge is 2.17. The lowest BCUT2D eigenvalue weighted by molar-refractivity contribution is -0.116. The van der Waals surface area contributed by atoms with Gasteiger partial charge in [-0.1, -0.05) is 36.4 Å². The molecule has 1 N–H and O–H groups in total. The maximum absolute atomic E-state index is 12.1. The number of nitrogens with one attached hydrogen (secondary N) is 1. The first-order valence-corrected chi connectivity index (χ1v) is 10.0. The van der Waals surface area contributed by atoms with E-state index in [0.29, 0.717) is 24.2 Å². The van der Waals surface area contributed by atoms with E-state index >= 15 is 0 Å². The van der Waals surface area contributed by atoms with Gasteiger partial charge in [-0.3, -0.25) is 4.79 Å². The Labute approximate surface area is 154 Å². The molecule has 0 aliphatic heterocycles. The Morgan fingerprint density at radius 3 is 2.50 bits per heavy atom. The first kappa shape index (κ1) is 19.6. The average molecular weight is 371 g/mol. The highest BCUT2D eigenvalue weighted by atomic mass is 32.2. The molecule has 0 fully saturated rings. The van der Waals surface area contributed by atoms with Gasteiger partial charge in [0.15, 0.2) is 0 Å². The zero-order chi connectivity index (χ0) is 19.0. The molecule has 2 aromatic carbocycles. The van der Waals surface area contributed by atoms with Crippen LogP contribution >= 0.6 is 0 Å². The Morgan fingerprint density at radius 1 is 1.12 bits per heavy atom. The molecule has 0 atom stereocenters. The Kier molecular flexibility index (Phi) is 6.89. The molecule has 0 spiro atoms. The number of nitrogens with zero attached hydrogens (tertiary/aromatic N) is 2. The number of rotatable bonds is 8. The number of nitriles is 1. The zero-order valence-corrected chi connectivity index (χ0v) is 15.4. The van der Waals surface area contributed by atoms with Crippen LogP contribution in [0.5, 0.6) is 0 Å². The summed E-state index contributed by atoms with van der Waals surface area (Å²) in [5.41, 5.74) is 2.01. The second-order valence-corrected chi connectivity index (χ2v) is 7.87. The largest absolute Gasteiger partial charge is 0.326 e. The van der Waals surface area contributed by atoms with Gasteiger partial charge in [0, 0.05) is 25.2 Å². The highest BCUT2D eigenvalue weighted by Crippen LogP contribution is 2.11. The smallest absolute Gasteiger partial charge is 0.225 e. The van der Waals surface area contributed by atoms with Crippen LogP contribution in [0.15, 0.2) is 54.6 Å². The molecule has 136 valence electrons. The van der Waals surface area contributed by atoms with Crippen molar-refractivity contribution in [2.45, 2.75) is 12.8 Å². The summed E-state index contributed by atoms with van der Waals surface area (Å²) >= 11 is 0. The molecule has 26 heavy (non-hydrogen) atoms. The molecule has 0 aliphatic carbocycles. The summed E-state index contributed by atoms with van der Waals surface area (Å²) in [7, 11) is -3.40. The fourth-order valence-corrected chi connectivity index (χ4v) is 3.30. The number of amides is 1. The van der Waals surface area contributed by atoms with Crippen molar-refractivity contribution in [2.75, 3.05) is 24.7 Å². The lowest BCUT2D eigenvalue weighted by Crippen LogP contribution is -2.34. The van der Waals surface area contributed by atoms with E-state index in [9.17, 15) is 13.2 Å². The van der Waals surface area contributed by atoms with Gasteiger partial charge in [-0.15, -0.1) is 0 Å². The summed E-state index contributed by atoms with van der Waals surface area (Å²) < 4.78 is 25.2. The molecule has 0 saturated carbocycles. The summed E-state index contributed by atoms with van der Waals surface area (Å²) in [5, 5.41) is 11.6. The van der Waals surface area contributed by atoms with E-state index in [1.807, 2.05) is 36.4 Å².